The zero-order chi connectivity index (χ0) is 27.7. The molecule has 2 bridgehead atoms. The van der Waals surface area contributed by atoms with E-state index in [9.17, 15) is 8.42 Å². The van der Waals surface area contributed by atoms with Crippen molar-refractivity contribution < 1.29 is 13.0 Å². The Labute approximate surface area is 238 Å². The van der Waals surface area contributed by atoms with Crippen LogP contribution in [0.15, 0.2) is 94.8 Å². The Bertz CT molecular complexity index is 1490. The van der Waals surface area contributed by atoms with E-state index >= 15 is 0 Å². The van der Waals surface area contributed by atoms with Crippen LogP contribution < -0.4 is 0 Å². The molecule has 3 unspecified atom stereocenters. The molecule has 0 spiro atoms. The third kappa shape index (κ3) is 5.42. The fourth-order valence-corrected chi connectivity index (χ4v) is 8.18. The van der Waals surface area contributed by atoms with Crippen molar-refractivity contribution in [2.45, 2.75) is 61.9 Å². The molecule has 3 aromatic rings. The molecular weight excluding hydrogens is 516 g/mol. The normalized spacial score (nSPS) is 24.3. The van der Waals surface area contributed by atoms with Crippen LogP contribution in [0.3, 0.4) is 0 Å². The summed E-state index contributed by atoms with van der Waals surface area (Å²) in [7, 11) is -1.82. The SMILES string of the molecule is CC1=Nc2ccccc2[N+]1=CC1CC2CCC(C1)N2CCC(CN(C)S(=O)(=O)c1ccccc1)c1ccccc1. The second kappa shape index (κ2) is 11.4. The summed E-state index contributed by atoms with van der Waals surface area (Å²) in [6.07, 6.45) is 8.18. The Morgan fingerprint density at radius 3 is 2.27 bits per heavy atom. The first-order chi connectivity index (χ1) is 19.4. The number of hydrogen-bond donors (Lipinski definition) is 0. The van der Waals surface area contributed by atoms with E-state index < -0.39 is 10.0 Å². The maximum Gasteiger partial charge on any atom is 0.301 e. The van der Waals surface area contributed by atoms with Gasteiger partial charge in [-0.05, 0) is 79.4 Å². The molecular formula is C33H39N4O2S+. The van der Waals surface area contributed by atoms with Gasteiger partial charge in [-0.3, -0.25) is 4.90 Å². The average Bonchev–Trinajstić information content (AvgIpc) is 3.41. The summed E-state index contributed by atoms with van der Waals surface area (Å²) in [5.74, 6) is 1.72. The van der Waals surface area contributed by atoms with Gasteiger partial charge in [0, 0.05) is 38.5 Å². The zero-order valence-electron chi connectivity index (χ0n) is 23.4. The van der Waals surface area contributed by atoms with Crippen molar-refractivity contribution >= 4 is 33.4 Å². The van der Waals surface area contributed by atoms with Gasteiger partial charge in [-0.15, -0.1) is 0 Å². The number of amidine groups is 1. The predicted molar refractivity (Wildman–Crippen MR) is 161 cm³/mol. The molecule has 3 heterocycles. The molecule has 0 saturated carbocycles. The van der Waals surface area contributed by atoms with Crippen LogP contribution in [0, 0.1) is 5.92 Å². The fraction of sp³-hybridized carbons (Fsp3) is 0.394. The molecule has 208 valence electrons. The number of rotatable bonds is 9. The minimum absolute atomic E-state index is 0.133. The summed E-state index contributed by atoms with van der Waals surface area (Å²) in [6, 6.07) is 28.7. The van der Waals surface area contributed by atoms with Gasteiger partial charge in [0.1, 0.15) is 0 Å². The first kappa shape index (κ1) is 27.1. The minimum Gasteiger partial charge on any atom is -0.297 e. The smallest absolute Gasteiger partial charge is 0.297 e. The van der Waals surface area contributed by atoms with Gasteiger partial charge < -0.3 is 0 Å². The second-order valence-electron chi connectivity index (χ2n) is 11.5. The van der Waals surface area contributed by atoms with E-state index in [2.05, 4.69) is 71.1 Å². The van der Waals surface area contributed by atoms with Crippen molar-refractivity contribution in [3.05, 3.63) is 90.5 Å². The molecule has 40 heavy (non-hydrogen) atoms. The largest absolute Gasteiger partial charge is 0.301 e. The summed E-state index contributed by atoms with van der Waals surface area (Å²) in [6.45, 7) is 3.56. The van der Waals surface area contributed by atoms with Gasteiger partial charge in [0.05, 0.1) is 11.1 Å². The van der Waals surface area contributed by atoms with Crippen molar-refractivity contribution in [3.63, 3.8) is 0 Å². The monoisotopic (exact) mass is 555 g/mol. The van der Waals surface area contributed by atoms with Crippen molar-refractivity contribution in [2.75, 3.05) is 20.1 Å². The molecule has 2 saturated heterocycles. The van der Waals surface area contributed by atoms with Gasteiger partial charge in [0.2, 0.25) is 15.7 Å². The lowest BCUT2D eigenvalue weighted by Crippen LogP contribution is -2.45. The van der Waals surface area contributed by atoms with E-state index in [1.165, 1.54) is 41.2 Å². The standard InChI is InChI=1S/C33H39N4O2S/c1-25-34-32-15-9-10-16-33(32)37(25)23-26-21-29-17-18-30(22-26)36(29)20-19-28(27-11-5-3-6-12-27)24-35(2)40(38,39)31-13-7-4-8-14-31/h3-16,23,26,28-30H,17-22,24H2,1-2H3/q+1. The highest BCUT2D eigenvalue weighted by atomic mass is 32.2. The molecule has 2 fully saturated rings. The number of para-hydroxylation sites is 2. The third-order valence-corrected chi connectivity index (χ3v) is 10.8. The average molecular weight is 556 g/mol. The molecule has 0 radical (unpaired) electrons. The Morgan fingerprint density at radius 1 is 0.950 bits per heavy atom. The summed E-state index contributed by atoms with van der Waals surface area (Å²) < 4.78 is 30.4. The van der Waals surface area contributed by atoms with E-state index in [1.54, 1.807) is 31.3 Å². The Balaban J connectivity index is 1.14. The van der Waals surface area contributed by atoms with Crippen molar-refractivity contribution in [1.29, 1.82) is 0 Å². The highest BCUT2D eigenvalue weighted by molar-refractivity contribution is 7.89. The fourth-order valence-electron chi connectivity index (χ4n) is 6.94. The van der Waals surface area contributed by atoms with Crippen LogP contribution in [-0.4, -0.2) is 66.5 Å². The molecule has 6 nitrogen and oxygen atoms in total. The van der Waals surface area contributed by atoms with Gasteiger partial charge >= 0.3 is 5.84 Å². The van der Waals surface area contributed by atoms with Crippen LogP contribution in [0.1, 0.15) is 50.5 Å². The molecule has 0 N–H and O–H groups in total. The Morgan fingerprint density at radius 2 is 1.57 bits per heavy atom. The van der Waals surface area contributed by atoms with Crippen LogP contribution in [0.4, 0.5) is 11.4 Å². The lowest BCUT2D eigenvalue weighted by Gasteiger charge is -2.38. The summed E-state index contributed by atoms with van der Waals surface area (Å²) >= 11 is 0. The number of sulfonamides is 1. The van der Waals surface area contributed by atoms with Crippen LogP contribution >= 0.6 is 0 Å². The highest BCUT2D eigenvalue weighted by Crippen LogP contribution is 2.40. The van der Waals surface area contributed by atoms with E-state index in [-0.39, 0.29) is 5.92 Å². The molecule has 3 aliphatic heterocycles. The molecule has 3 atom stereocenters. The van der Waals surface area contributed by atoms with Gasteiger partial charge in [0.25, 0.3) is 0 Å². The van der Waals surface area contributed by atoms with Crippen molar-refractivity contribution in [1.82, 2.24) is 9.21 Å². The summed E-state index contributed by atoms with van der Waals surface area (Å²) in [4.78, 5) is 7.84. The molecule has 3 aliphatic rings. The molecule has 0 amide bonds. The van der Waals surface area contributed by atoms with Crippen LogP contribution in [0.25, 0.3) is 0 Å². The Hall–Kier alpha value is -3.13. The quantitative estimate of drug-likeness (QED) is 0.295. The lowest BCUT2D eigenvalue weighted by atomic mass is 9.90. The number of aliphatic imine (C=N–C) groups is 1. The molecule has 0 aliphatic carbocycles. The van der Waals surface area contributed by atoms with Crippen molar-refractivity contribution in [3.8, 4) is 0 Å². The third-order valence-electron chi connectivity index (χ3n) is 8.99. The number of hydrogen-bond acceptors (Lipinski definition) is 4. The lowest BCUT2D eigenvalue weighted by molar-refractivity contribution is -0.299. The summed E-state index contributed by atoms with van der Waals surface area (Å²) in [5, 5.41) is 0. The van der Waals surface area contributed by atoms with E-state index in [1.807, 2.05) is 12.1 Å². The first-order valence-corrected chi connectivity index (χ1v) is 15.9. The topological polar surface area (TPSA) is 56.0 Å². The van der Waals surface area contributed by atoms with Crippen LogP contribution in [0.5, 0.6) is 0 Å². The van der Waals surface area contributed by atoms with E-state index in [0.29, 0.717) is 29.4 Å². The van der Waals surface area contributed by atoms with E-state index in [4.69, 9.17) is 4.99 Å². The van der Waals surface area contributed by atoms with Gasteiger partial charge in [-0.2, -0.15) is 4.58 Å². The first-order valence-electron chi connectivity index (χ1n) is 14.5. The highest BCUT2D eigenvalue weighted by Gasteiger charge is 2.41. The maximum absolute atomic E-state index is 13.3. The van der Waals surface area contributed by atoms with Gasteiger partial charge in [-0.1, -0.05) is 60.7 Å². The predicted octanol–water partition coefficient (Wildman–Crippen LogP) is 6.20. The van der Waals surface area contributed by atoms with Gasteiger partial charge in [0.15, 0.2) is 5.69 Å². The van der Waals surface area contributed by atoms with Crippen LogP contribution in [-0.2, 0) is 10.0 Å². The number of likely N-dealkylation sites (N-methyl/N-ethyl adjacent to an activating group) is 1. The molecule has 0 aromatic heterocycles. The molecule has 6 rings (SSSR count). The minimum atomic E-state index is -3.54. The zero-order valence-corrected chi connectivity index (χ0v) is 24.2. The molecule has 7 heteroatoms. The second-order valence-corrected chi connectivity index (χ2v) is 13.6. The van der Waals surface area contributed by atoms with Crippen molar-refractivity contribution in [2.24, 2.45) is 10.9 Å². The maximum atomic E-state index is 13.3. The Kier molecular flexibility index (Phi) is 7.71. The van der Waals surface area contributed by atoms with Crippen LogP contribution in [0.2, 0.25) is 0 Å². The number of nitrogens with zero attached hydrogens (tertiary/aromatic N) is 4. The number of piperidine rings is 1. The number of benzene rings is 3. The van der Waals surface area contributed by atoms with Gasteiger partial charge in [-0.25, -0.2) is 12.7 Å². The van der Waals surface area contributed by atoms with E-state index in [0.717, 1.165) is 24.5 Å². The summed E-state index contributed by atoms with van der Waals surface area (Å²) in [5.41, 5.74) is 3.45. The molecule has 3 aromatic carbocycles. The number of fused-ring (bicyclic) bond motifs is 3.